The third-order valence-electron chi connectivity index (χ3n) is 3.58. The van der Waals surface area contributed by atoms with Crippen LogP contribution in [0.25, 0.3) is 0 Å². The number of esters is 2. The van der Waals surface area contributed by atoms with Crippen molar-refractivity contribution in [1.82, 2.24) is 4.90 Å². The number of aliphatic hydroxyl groups excluding tert-OH is 1. The summed E-state index contributed by atoms with van der Waals surface area (Å²) in [4.78, 5) is 23.3. The fraction of sp³-hybridized carbons (Fsp3) is 0.909. The maximum Gasteiger partial charge on any atom is 0.331 e. The summed E-state index contributed by atoms with van der Waals surface area (Å²) in [6, 6.07) is 0. The van der Waals surface area contributed by atoms with Gasteiger partial charge in [-0.15, -0.1) is 11.6 Å². The van der Waals surface area contributed by atoms with Crippen molar-refractivity contribution in [2.45, 2.75) is 67.2 Å². The first-order valence-electron chi connectivity index (χ1n) is 11.7. The molecule has 0 unspecified atom stereocenters. The number of aliphatic hydroxyl groups is 1. The maximum atomic E-state index is 12.3. The number of rotatable bonds is 16. The molecule has 0 fully saturated rings. The average molecular weight is 522 g/mol. The predicted octanol–water partition coefficient (Wildman–Crippen LogP) is 4.73. The zero-order chi connectivity index (χ0) is 26.5. The van der Waals surface area contributed by atoms with Gasteiger partial charge in [0.2, 0.25) is 0 Å². The molecular formula is C22H49ClNO8P. The van der Waals surface area contributed by atoms with Gasteiger partial charge in [0.25, 0.3) is 0 Å². The zero-order valence-corrected chi connectivity index (χ0v) is 23.7. The fourth-order valence-corrected chi connectivity index (χ4v) is 3.94. The molecule has 1 N–H and O–H groups in total. The second-order valence-electron chi connectivity index (χ2n) is 5.78. The maximum absolute atomic E-state index is 12.3. The van der Waals surface area contributed by atoms with E-state index in [2.05, 4.69) is 9.47 Å². The van der Waals surface area contributed by atoms with Crippen molar-refractivity contribution in [3.63, 3.8) is 0 Å². The monoisotopic (exact) mass is 521 g/mol. The average Bonchev–Trinajstić information content (AvgIpc) is 2.84. The number of ether oxygens (including phenoxy) is 2. The second kappa shape index (κ2) is 31.3. The van der Waals surface area contributed by atoms with E-state index < -0.39 is 7.60 Å². The standard InChI is InChI=1S/C13H28NO6P.C5H9ClO2.2C2H6/c1-4-19-21(17,20-5-2)12-10-14(9-11-15)8-6-7-13(16)18-3;1-8-5(7)3-2-4-6;2*1-2/h15H,4-12H2,1-3H3;2-4H2,1H3;2*1-2H3. The molecule has 0 amide bonds. The minimum atomic E-state index is -3.07. The number of hydrogen-bond donors (Lipinski definition) is 1. The van der Waals surface area contributed by atoms with Gasteiger partial charge in [0.1, 0.15) is 0 Å². The molecule has 0 saturated heterocycles. The minimum absolute atomic E-state index is 0.00575. The van der Waals surface area contributed by atoms with Crippen LogP contribution in [0.15, 0.2) is 0 Å². The normalized spacial score (nSPS) is 10.0. The molecule has 0 aromatic heterocycles. The van der Waals surface area contributed by atoms with Crippen LogP contribution in [0.1, 0.15) is 67.2 Å². The highest BCUT2D eigenvalue weighted by atomic mass is 35.5. The van der Waals surface area contributed by atoms with Crippen molar-refractivity contribution in [2.24, 2.45) is 0 Å². The van der Waals surface area contributed by atoms with Gasteiger partial charge in [-0.1, -0.05) is 27.7 Å². The molecule has 33 heavy (non-hydrogen) atoms. The number of hydrogen-bond acceptors (Lipinski definition) is 9. The van der Waals surface area contributed by atoms with E-state index in [9.17, 15) is 14.2 Å². The molecule has 0 aromatic rings. The van der Waals surface area contributed by atoms with Crippen LogP contribution in [0.3, 0.4) is 0 Å². The van der Waals surface area contributed by atoms with Crippen molar-refractivity contribution >= 4 is 31.1 Å². The van der Waals surface area contributed by atoms with Gasteiger partial charge in [0.05, 0.1) is 40.2 Å². The van der Waals surface area contributed by atoms with Gasteiger partial charge < -0.3 is 28.5 Å². The molecule has 0 saturated carbocycles. The molecular weight excluding hydrogens is 473 g/mol. The Balaban J connectivity index is -0.000000292. The van der Waals surface area contributed by atoms with E-state index >= 15 is 0 Å². The Labute approximate surface area is 207 Å². The van der Waals surface area contributed by atoms with Gasteiger partial charge in [-0.3, -0.25) is 14.2 Å². The van der Waals surface area contributed by atoms with Crippen LogP contribution in [0, 0.1) is 0 Å². The molecule has 0 bridgehead atoms. The van der Waals surface area contributed by atoms with Crippen LogP contribution in [0.4, 0.5) is 0 Å². The molecule has 11 heteroatoms. The van der Waals surface area contributed by atoms with Crippen molar-refractivity contribution in [3.8, 4) is 0 Å². The highest BCUT2D eigenvalue weighted by Crippen LogP contribution is 2.47. The Kier molecular flexibility index (Phi) is 37.5. The van der Waals surface area contributed by atoms with Crippen molar-refractivity contribution in [1.29, 1.82) is 0 Å². The molecule has 0 aliphatic carbocycles. The highest BCUT2D eigenvalue weighted by Gasteiger charge is 2.24. The van der Waals surface area contributed by atoms with Gasteiger partial charge in [-0.25, -0.2) is 0 Å². The first-order chi connectivity index (χ1) is 15.8. The molecule has 9 nitrogen and oxygen atoms in total. The topological polar surface area (TPSA) is 112 Å². The third-order valence-corrected chi connectivity index (χ3v) is 5.90. The summed E-state index contributed by atoms with van der Waals surface area (Å²) in [6.45, 7) is 13.8. The number of alkyl halides is 1. The van der Waals surface area contributed by atoms with Crippen molar-refractivity contribution in [3.05, 3.63) is 0 Å². The Morgan fingerprint density at radius 3 is 1.67 bits per heavy atom. The lowest BCUT2D eigenvalue weighted by Crippen LogP contribution is -2.31. The van der Waals surface area contributed by atoms with E-state index in [1.54, 1.807) is 13.8 Å². The van der Waals surface area contributed by atoms with E-state index in [0.717, 1.165) is 0 Å². The summed E-state index contributed by atoms with van der Waals surface area (Å²) in [6.07, 6.45) is 2.36. The molecule has 0 aliphatic heterocycles. The Morgan fingerprint density at radius 1 is 0.848 bits per heavy atom. The highest BCUT2D eigenvalue weighted by molar-refractivity contribution is 7.53. The van der Waals surface area contributed by atoms with Crippen LogP contribution < -0.4 is 0 Å². The number of carbonyl (C=O) groups excluding carboxylic acids is 2. The SMILES string of the molecule is CC.CC.CCOP(=O)(CCN(CCO)CCCC(=O)OC)OCC.COC(=O)CCCCl. The Hall–Kier alpha value is -0.700. The summed E-state index contributed by atoms with van der Waals surface area (Å²) in [5.74, 6) is 0.0775. The molecule has 202 valence electrons. The third kappa shape index (κ3) is 29.3. The van der Waals surface area contributed by atoms with Crippen molar-refractivity contribution < 1.29 is 37.8 Å². The Morgan fingerprint density at radius 2 is 1.30 bits per heavy atom. The molecule has 0 atom stereocenters. The lowest BCUT2D eigenvalue weighted by Gasteiger charge is -2.24. The molecule has 0 aliphatic rings. The molecule has 0 heterocycles. The number of methoxy groups -OCH3 is 2. The summed E-state index contributed by atoms with van der Waals surface area (Å²) >= 11 is 5.29. The lowest BCUT2D eigenvalue weighted by atomic mass is 10.3. The van der Waals surface area contributed by atoms with E-state index in [1.165, 1.54) is 14.2 Å². The van der Waals surface area contributed by atoms with E-state index in [4.69, 9.17) is 25.8 Å². The molecule has 0 aromatic carbocycles. The summed E-state index contributed by atoms with van der Waals surface area (Å²) in [7, 11) is -0.342. The van der Waals surface area contributed by atoms with Gasteiger partial charge in [-0.05, 0) is 33.2 Å². The second-order valence-corrected chi connectivity index (χ2v) is 8.35. The Bertz CT molecular complexity index is 460. The van der Waals surface area contributed by atoms with Gasteiger partial charge >= 0.3 is 19.5 Å². The largest absolute Gasteiger partial charge is 0.469 e. The summed E-state index contributed by atoms with van der Waals surface area (Å²) in [5, 5.41) is 9.06. The van der Waals surface area contributed by atoms with Gasteiger partial charge in [0, 0.05) is 31.8 Å². The van der Waals surface area contributed by atoms with Gasteiger partial charge in [0.15, 0.2) is 0 Å². The quantitative estimate of drug-likeness (QED) is 0.175. The molecule has 0 spiro atoms. The minimum Gasteiger partial charge on any atom is -0.469 e. The number of halogens is 1. The van der Waals surface area contributed by atoms with E-state index in [0.29, 0.717) is 64.4 Å². The fourth-order valence-electron chi connectivity index (χ4n) is 2.16. The van der Waals surface area contributed by atoms with E-state index in [-0.39, 0.29) is 24.7 Å². The van der Waals surface area contributed by atoms with Crippen LogP contribution in [-0.4, -0.2) is 87.7 Å². The smallest absolute Gasteiger partial charge is 0.331 e. The first kappa shape index (κ1) is 39.5. The van der Waals surface area contributed by atoms with Crippen LogP contribution in [0.5, 0.6) is 0 Å². The van der Waals surface area contributed by atoms with Crippen LogP contribution in [-0.2, 0) is 32.7 Å². The lowest BCUT2D eigenvalue weighted by molar-refractivity contribution is -0.141. The van der Waals surface area contributed by atoms with Crippen molar-refractivity contribution in [2.75, 3.05) is 65.7 Å². The van der Waals surface area contributed by atoms with Gasteiger partial charge in [-0.2, -0.15) is 0 Å². The summed E-state index contributed by atoms with van der Waals surface area (Å²) < 4.78 is 31.7. The van der Waals surface area contributed by atoms with Crippen LogP contribution >= 0.6 is 19.2 Å². The number of nitrogens with zero attached hydrogens (tertiary/aromatic N) is 1. The molecule has 0 rings (SSSR count). The van der Waals surface area contributed by atoms with Crippen LogP contribution in [0.2, 0.25) is 0 Å². The number of carbonyl (C=O) groups is 2. The first-order valence-corrected chi connectivity index (χ1v) is 14.0. The zero-order valence-electron chi connectivity index (χ0n) is 22.1. The summed E-state index contributed by atoms with van der Waals surface area (Å²) in [5.41, 5.74) is 0. The molecule has 0 radical (unpaired) electrons. The predicted molar refractivity (Wildman–Crippen MR) is 135 cm³/mol. The van der Waals surface area contributed by atoms with E-state index in [1.807, 2.05) is 32.6 Å².